The Morgan fingerprint density at radius 1 is 1.29 bits per heavy atom. The first-order valence-electron chi connectivity index (χ1n) is 7.74. The number of rotatable bonds is 8. The van der Waals surface area contributed by atoms with Crippen LogP contribution in [0.2, 0.25) is 0 Å². The molecule has 21 heavy (non-hydrogen) atoms. The molecule has 0 aliphatic rings. The molecule has 0 bridgehead atoms. The van der Waals surface area contributed by atoms with Crippen LogP contribution in [0.5, 0.6) is 5.75 Å². The van der Waals surface area contributed by atoms with Gasteiger partial charge in [0, 0.05) is 11.1 Å². The Morgan fingerprint density at radius 2 is 1.90 bits per heavy atom. The zero-order chi connectivity index (χ0) is 16.0. The Bertz CT molecular complexity index is 448. The summed E-state index contributed by atoms with van der Waals surface area (Å²) in [6, 6.07) is 5.25. The summed E-state index contributed by atoms with van der Waals surface area (Å²) in [6.45, 7) is 10.5. The van der Waals surface area contributed by atoms with Gasteiger partial charge in [0.2, 0.25) is 0 Å². The maximum absolute atomic E-state index is 14.7. The van der Waals surface area contributed by atoms with Crippen molar-refractivity contribution in [1.82, 2.24) is 10.2 Å². The van der Waals surface area contributed by atoms with E-state index in [2.05, 4.69) is 37.9 Å². The zero-order valence-electron chi connectivity index (χ0n) is 14.2. The maximum atomic E-state index is 14.7. The van der Waals surface area contributed by atoms with Gasteiger partial charge in [0.05, 0.1) is 13.2 Å². The summed E-state index contributed by atoms with van der Waals surface area (Å²) in [6.07, 6.45) is 0.927. The normalized spacial score (nSPS) is 15.8. The van der Waals surface area contributed by atoms with Crippen molar-refractivity contribution in [2.75, 3.05) is 27.2 Å². The Morgan fingerprint density at radius 3 is 2.33 bits per heavy atom. The van der Waals surface area contributed by atoms with E-state index in [1.54, 1.807) is 6.07 Å². The van der Waals surface area contributed by atoms with E-state index in [1.807, 2.05) is 19.2 Å². The van der Waals surface area contributed by atoms with Gasteiger partial charge in [-0.2, -0.15) is 0 Å². The van der Waals surface area contributed by atoms with E-state index < -0.39 is 0 Å². The highest BCUT2D eigenvalue weighted by molar-refractivity contribution is 5.34. The van der Waals surface area contributed by atoms with E-state index >= 15 is 0 Å². The molecule has 2 unspecified atom stereocenters. The standard InChI is InChI=1S/C17H29FN2O/c1-7-17(4,20(8-2)9-3)16(19-5)13-11-10-12-14(21-6)15(13)18/h10-12,16,19H,7-9H2,1-6H3. The Balaban J connectivity index is 3.34. The molecule has 1 N–H and O–H groups in total. The minimum absolute atomic E-state index is 0.0995. The Kier molecular flexibility index (Phi) is 6.62. The number of nitrogens with one attached hydrogen (secondary N) is 1. The first kappa shape index (κ1) is 17.9. The average Bonchev–Trinajstić information content (AvgIpc) is 2.50. The summed E-state index contributed by atoms with van der Waals surface area (Å²) in [4.78, 5) is 2.38. The molecule has 2 atom stereocenters. The number of hydrogen-bond donors (Lipinski definition) is 1. The molecule has 1 aromatic rings. The van der Waals surface area contributed by atoms with Crippen molar-refractivity contribution in [3.63, 3.8) is 0 Å². The molecule has 0 spiro atoms. The van der Waals surface area contributed by atoms with Gasteiger partial charge in [-0.25, -0.2) is 4.39 Å². The lowest BCUT2D eigenvalue weighted by Crippen LogP contribution is -2.54. The van der Waals surface area contributed by atoms with Crippen LogP contribution in [0.25, 0.3) is 0 Å². The lowest BCUT2D eigenvalue weighted by atomic mass is 9.82. The highest BCUT2D eigenvalue weighted by Gasteiger charge is 2.38. The van der Waals surface area contributed by atoms with E-state index in [-0.39, 0.29) is 17.4 Å². The number of benzene rings is 1. The SMILES string of the molecule is CCN(CC)C(C)(CC)C(NC)c1cccc(OC)c1F. The minimum Gasteiger partial charge on any atom is -0.494 e. The molecule has 0 saturated heterocycles. The molecule has 0 amide bonds. The fourth-order valence-electron chi connectivity index (χ4n) is 3.27. The zero-order valence-corrected chi connectivity index (χ0v) is 14.2. The van der Waals surface area contributed by atoms with Crippen LogP contribution in [0.3, 0.4) is 0 Å². The van der Waals surface area contributed by atoms with Crippen molar-refractivity contribution in [1.29, 1.82) is 0 Å². The van der Waals surface area contributed by atoms with Crippen LogP contribution in [0.1, 0.15) is 45.7 Å². The molecule has 0 saturated carbocycles. The van der Waals surface area contributed by atoms with Crippen LogP contribution in [-0.4, -0.2) is 37.7 Å². The summed E-state index contributed by atoms with van der Waals surface area (Å²) in [5, 5.41) is 3.31. The number of methoxy groups -OCH3 is 1. The monoisotopic (exact) mass is 296 g/mol. The van der Waals surface area contributed by atoms with Crippen LogP contribution in [-0.2, 0) is 0 Å². The van der Waals surface area contributed by atoms with E-state index in [0.29, 0.717) is 11.3 Å². The maximum Gasteiger partial charge on any atom is 0.169 e. The van der Waals surface area contributed by atoms with Crippen LogP contribution in [0, 0.1) is 5.82 Å². The van der Waals surface area contributed by atoms with Gasteiger partial charge < -0.3 is 10.1 Å². The molecule has 0 fully saturated rings. The highest BCUT2D eigenvalue weighted by atomic mass is 19.1. The van der Waals surface area contributed by atoms with Gasteiger partial charge in [-0.05, 0) is 39.5 Å². The lowest BCUT2D eigenvalue weighted by molar-refractivity contribution is 0.0713. The van der Waals surface area contributed by atoms with Crippen LogP contribution < -0.4 is 10.1 Å². The smallest absolute Gasteiger partial charge is 0.169 e. The summed E-state index contributed by atoms with van der Waals surface area (Å²) in [7, 11) is 3.39. The van der Waals surface area contributed by atoms with E-state index in [9.17, 15) is 4.39 Å². The van der Waals surface area contributed by atoms with Crippen molar-refractivity contribution in [3.05, 3.63) is 29.6 Å². The van der Waals surface area contributed by atoms with Crippen molar-refractivity contribution in [3.8, 4) is 5.75 Å². The molecule has 1 aromatic carbocycles. The van der Waals surface area contributed by atoms with Crippen molar-refractivity contribution >= 4 is 0 Å². The van der Waals surface area contributed by atoms with Crippen molar-refractivity contribution in [2.24, 2.45) is 0 Å². The predicted octanol–water partition coefficient (Wildman–Crippen LogP) is 3.61. The fraction of sp³-hybridized carbons (Fsp3) is 0.647. The third-order valence-electron chi connectivity index (χ3n) is 4.64. The number of hydrogen-bond acceptors (Lipinski definition) is 3. The van der Waals surface area contributed by atoms with Gasteiger partial charge in [-0.3, -0.25) is 4.90 Å². The van der Waals surface area contributed by atoms with Gasteiger partial charge in [-0.15, -0.1) is 0 Å². The first-order valence-corrected chi connectivity index (χ1v) is 7.74. The molecular weight excluding hydrogens is 267 g/mol. The molecular formula is C17H29FN2O. The molecule has 4 heteroatoms. The molecule has 120 valence electrons. The number of nitrogens with zero attached hydrogens (tertiary/aromatic N) is 1. The number of ether oxygens (including phenoxy) is 1. The largest absolute Gasteiger partial charge is 0.494 e. The number of likely N-dealkylation sites (N-methyl/N-ethyl adjacent to an activating group) is 2. The molecule has 3 nitrogen and oxygen atoms in total. The second kappa shape index (κ2) is 7.76. The summed E-state index contributed by atoms with van der Waals surface area (Å²) < 4.78 is 19.8. The van der Waals surface area contributed by atoms with Gasteiger partial charge in [0.1, 0.15) is 0 Å². The quantitative estimate of drug-likeness (QED) is 0.793. The van der Waals surface area contributed by atoms with Gasteiger partial charge in [0.25, 0.3) is 0 Å². The van der Waals surface area contributed by atoms with Crippen molar-refractivity contribution < 1.29 is 9.13 Å². The van der Waals surface area contributed by atoms with Crippen LogP contribution >= 0.6 is 0 Å². The summed E-state index contributed by atoms with van der Waals surface area (Å²) in [5.41, 5.74) is 0.499. The van der Waals surface area contributed by atoms with E-state index in [4.69, 9.17) is 4.74 Å². The summed E-state index contributed by atoms with van der Waals surface area (Å²) >= 11 is 0. The Hall–Kier alpha value is -1.13. The van der Waals surface area contributed by atoms with Gasteiger partial charge >= 0.3 is 0 Å². The molecule has 0 heterocycles. The van der Waals surface area contributed by atoms with Gasteiger partial charge in [0.15, 0.2) is 11.6 Å². The first-order chi connectivity index (χ1) is 9.99. The van der Waals surface area contributed by atoms with E-state index in [0.717, 1.165) is 19.5 Å². The number of halogens is 1. The summed E-state index contributed by atoms with van der Waals surface area (Å²) in [5.74, 6) is 0.0249. The lowest BCUT2D eigenvalue weighted by Gasteiger charge is -2.46. The molecule has 1 rings (SSSR count). The average molecular weight is 296 g/mol. The highest BCUT2D eigenvalue weighted by Crippen LogP contribution is 2.37. The third-order valence-corrected chi connectivity index (χ3v) is 4.64. The predicted molar refractivity (Wildman–Crippen MR) is 86.4 cm³/mol. The molecule has 0 radical (unpaired) electrons. The van der Waals surface area contributed by atoms with E-state index in [1.165, 1.54) is 7.11 Å². The molecule has 0 aliphatic heterocycles. The Labute approximate surface area is 128 Å². The molecule has 0 aromatic heterocycles. The second-order valence-corrected chi connectivity index (χ2v) is 5.47. The van der Waals surface area contributed by atoms with Crippen molar-refractivity contribution in [2.45, 2.75) is 45.7 Å². The fourth-order valence-corrected chi connectivity index (χ4v) is 3.27. The minimum atomic E-state index is -0.272. The third kappa shape index (κ3) is 3.38. The van der Waals surface area contributed by atoms with Gasteiger partial charge in [-0.1, -0.05) is 32.9 Å². The topological polar surface area (TPSA) is 24.5 Å². The molecule has 0 aliphatic carbocycles. The second-order valence-electron chi connectivity index (χ2n) is 5.47. The van der Waals surface area contributed by atoms with Crippen LogP contribution in [0.4, 0.5) is 4.39 Å². The van der Waals surface area contributed by atoms with Crippen LogP contribution in [0.15, 0.2) is 18.2 Å².